The first kappa shape index (κ1) is 72.0. The van der Waals surface area contributed by atoms with E-state index in [-0.39, 0.29) is 41.9 Å². The van der Waals surface area contributed by atoms with E-state index in [1.807, 2.05) is 0 Å². The van der Waals surface area contributed by atoms with Gasteiger partial charge in [0.15, 0.2) is 18.9 Å². The Balaban J connectivity index is 0.000000562. The van der Waals surface area contributed by atoms with Gasteiger partial charge in [0.1, 0.15) is 104 Å². The smallest absolute Gasteiger partial charge is 0.187 e. The molecule has 3 heterocycles. The third-order valence-corrected chi connectivity index (χ3v) is 13.7. The molecule has 75 heavy (non-hydrogen) atoms. The molecule has 0 aromatic heterocycles. The highest BCUT2D eigenvalue weighted by Crippen LogP contribution is 2.32. The number of rotatable bonds is 24. The summed E-state index contributed by atoms with van der Waals surface area (Å²) >= 11 is 0. The van der Waals surface area contributed by atoms with Crippen LogP contribution in [0.4, 0.5) is 0 Å². The zero-order chi connectivity index (χ0) is 58.4. The summed E-state index contributed by atoms with van der Waals surface area (Å²) in [5.74, 6) is -1.70. The van der Waals surface area contributed by atoms with Gasteiger partial charge in [-0.1, -0.05) is 90.0 Å². The Morgan fingerprint density at radius 3 is 0.960 bits per heavy atom. The molecule has 20 N–H and O–H groups in total. The van der Waals surface area contributed by atoms with Crippen LogP contribution in [0.1, 0.15) is 96.4 Å². The van der Waals surface area contributed by atoms with Crippen LogP contribution in [0.3, 0.4) is 0 Å². The van der Waals surface area contributed by atoms with E-state index in [1.165, 1.54) is 0 Å². The molecule has 26 heteroatoms. The standard InChI is InChI=1S/C17H34O8.2C16H32O9/c1-6-9(18)11(20)16(10(19)7(2)3)25-17-14(23)12(21)13(22)15(24-17)8(4)5;1-6(2)9(19)11(21)15(8(18)5-17)25-16-13(23)10(20)12(22)14(24-16)7(3)4;1-6(2)9(18)13(22)15(10(19)7(3)4)25-16-14(23)12(21)11(20)8(5-17)24-16/h7-23H,6H2,1-5H3;2*6-23H,5H2,1-4H3/t9?,10?,11?,12-,13+,14+,15+,16?,17-;8?,9?,10-,11?,12+,13+,14+,15?,16-;8-,9?,10?,11+,12+,13?,14-,15?,16+/m001/s1. The van der Waals surface area contributed by atoms with Crippen LogP contribution in [0.25, 0.3) is 0 Å². The average molecular weight is 1100 g/mol. The third-order valence-electron chi connectivity index (χ3n) is 13.7. The van der Waals surface area contributed by atoms with Gasteiger partial charge in [0, 0.05) is 0 Å². The normalized spacial score (nSPS) is 35.6. The lowest BCUT2D eigenvalue weighted by atomic mass is 9.90. The number of hydrogen-bond acceptors (Lipinski definition) is 26. The zero-order valence-electron chi connectivity index (χ0n) is 45.6. The third kappa shape index (κ3) is 19.6. The van der Waals surface area contributed by atoms with Gasteiger partial charge in [0.2, 0.25) is 0 Å². The Morgan fingerprint density at radius 2 is 0.653 bits per heavy atom. The molecule has 12 unspecified atom stereocenters. The van der Waals surface area contributed by atoms with Gasteiger partial charge in [-0.05, 0) is 41.9 Å². The van der Waals surface area contributed by atoms with Gasteiger partial charge >= 0.3 is 0 Å². The maximum atomic E-state index is 10.4. The summed E-state index contributed by atoms with van der Waals surface area (Å²) in [5.41, 5.74) is 0. The Morgan fingerprint density at radius 1 is 0.347 bits per heavy atom. The summed E-state index contributed by atoms with van der Waals surface area (Å²) in [4.78, 5) is 0. The van der Waals surface area contributed by atoms with Crippen molar-refractivity contribution in [1.29, 1.82) is 0 Å². The lowest BCUT2D eigenvalue weighted by Crippen LogP contribution is -2.62. The molecule has 0 radical (unpaired) electrons. The van der Waals surface area contributed by atoms with Crippen molar-refractivity contribution < 1.29 is 131 Å². The fourth-order valence-corrected chi connectivity index (χ4v) is 8.34. The van der Waals surface area contributed by atoms with E-state index < -0.39 is 179 Å². The van der Waals surface area contributed by atoms with Crippen molar-refractivity contribution in [3.8, 4) is 0 Å². The molecule has 0 aromatic carbocycles. The van der Waals surface area contributed by atoms with Gasteiger partial charge in [-0.3, -0.25) is 0 Å². The minimum atomic E-state index is -1.66. The maximum absolute atomic E-state index is 10.4. The van der Waals surface area contributed by atoms with Crippen molar-refractivity contribution in [2.75, 3.05) is 13.2 Å². The Bertz CT molecular complexity index is 1510. The molecule has 0 bridgehead atoms. The van der Waals surface area contributed by atoms with Crippen LogP contribution in [0, 0.1) is 35.5 Å². The van der Waals surface area contributed by atoms with Crippen molar-refractivity contribution in [3.05, 3.63) is 0 Å². The number of ether oxygens (including phenoxy) is 6. The molecule has 3 rings (SSSR count). The molecule has 27 atom stereocenters. The SMILES string of the molecule is CC(C)C(O)C(O)C(O[C@@H]1O[C@H](C(C)C)[C@H](O)[C@H](O)[C@H]1O)C(O)CO.CC(C)C(O)C(O)C(O[C@@H]1O[C@H](CO)[C@H](O)[C@H](O)[C@H]1O)C(O)C(C)C.CCC(O)C(O)C(O[C@@H]1O[C@H](C(C)C)[C@H](O)[C@H](O)[C@H]1O)C(O)C(C)C. The van der Waals surface area contributed by atoms with Gasteiger partial charge in [-0.25, -0.2) is 0 Å². The van der Waals surface area contributed by atoms with E-state index in [2.05, 4.69) is 0 Å². The van der Waals surface area contributed by atoms with Crippen LogP contribution in [-0.2, 0) is 28.4 Å². The minimum absolute atomic E-state index is 0.164. The first-order chi connectivity index (χ1) is 34.6. The molecule has 26 nitrogen and oxygen atoms in total. The van der Waals surface area contributed by atoms with E-state index in [0.717, 1.165) is 0 Å². The lowest BCUT2D eigenvalue weighted by molar-refractivity contribution is -0.329. The number of hydrogen-bond donors (Lipinski definition) is 20. The fraction of sp³-hybridized carbons (Fsp3) is 1.00. The van der Waals surface area contributed by atoms with E-state index in [0.29, 0.717) is 0 Å². The lowest BCUT2D eigenvalue weighted by Gasteiger charge is -2.44. The summed E-state index contributed by atoms with van der Waals surface area (Å²) in [6.07, 6.45) is -36.5. The molecule has 0 aliphatic carbocycles. The van der Waals surface area contributed by atoms with Crippen LogP contribution in [0.15, 0.2) is 0 Å². The van der Waals surface area contributed by atoms with Crippen molar-refractivity contribution in [2.45, 2.75) is 262 Å². The number of aliphatic hydroxyl groups is 20. The Hall–Kier alpha value is -1.04. The molecular formula is C49H98O26. The van der Waals surface area contributed by atoms with Crippen LogP contribution >= 0.6 is 0 Å². The predicted molar refractivity (Wildman–Crippen MR) is 262 cm³/mol. The fourth-order valence-electron chi connectivity index (χ4n) is 8.34. The van der Waals surface area contributed by atoms with Gasteiger partial charge in [-0.2, -0.15) is 0 Å². The van der Waals surface area contributed by atoms with Crippen molar-refractivity contribution in [1.82, 2.24) is 0 Å². The summed E-state index contributed by atoms with van der Waals surface area (Å²) in [7, 11) is 0. The molecule has 0 spiro atoms. The molecule has 3 saturated heterocycles. The number of aliphatic hydroxyl groups excluding tert-OH is 20. The van der Waals surface area contributed by atoms with Crippen LogP contribution in [0.5, 0.6) is 0 Å². The first-order valence-electron chi connectivity index (χ1n) is 26.0. The summed E-state index contributed by atoms with van der Waals surface area (Å²) < 4.78 is 32.8. The Labute approximate surface area is 440 Å². The van der Waals surface area contributed by atoms with E-state index >= 15 is 0 Å². The van der Waals surface area contributed by atoms with E-state index in [9.17, 15) is 102 Å². The monoisotopic (exact) mass is 1100 g/mol. The highest BCUT2D eigenvalue weighted by molar-refractivity contribution is 4.95. The molecule has 3 aliphatic rings. The second-order valence-electron chi connectivity index (χ2n) is 22.0. The predicted octanol–water partition coefficient (Wildman–Crippen LogP) is -5.88. The van der Waals surface area contributed by atoms with E-state index in [4.69, 9.17) is 28.4 Å². The zero-order valence-corrected chi connectivity index (χ0v) is 45.6. The molecule has 0 aromatic rings. The first-order valence-corrected chi connectivity index (χ1v) is 26.0. The quantitative estimate of drug-likeness (QED) is 0.0428. The maximum Gasteiger partial charge on any atom is 0.187 e. The molecule has 3 aliphatic heterocycles. The second kappa shape index (κ2) is 33.0. The van der Waals surface area contributed by atoms with Crippen molar-refractivity contribution in [3.63, 3.8) is 0 Å². The van der Waals surface area contributed by atoms with E-state index in [1.54, 1.807) is 90.0 Å². The topological polar surface area (TPSA) is 460 Å². The summed E-state index contributed by atoms with van der Waals surface area (Å²) in [6, 6.07) is 0. The van der Waals surface area contributed by atoms with Crippen molar-refractivity contribution in [2.24, 2.45) is 35.5 Å². The second-order valence-corrected chi connectivity index (χ2v) is 22.0. The van der Waals surface area contributed by atoms with Crippen molar-refractivity contribution >= 4 is 0 Å². The Kier molecular flexibility index (Phi) is 31.7. The highest BCUT2D eigenvalue weighted by Gasteiger charge is 2.51. The van der Waals surface area contributed by atoms with Gasteiger partial charge in [0.05, 0.1) is 55.9 Å². The molecule has 0 amide bonds. The van der Waals surface area contributed by atoms with Gasteiger partial charge < -0.3 is 131 Å². The van der Waals surface area contributed by atoms with Crippen LogP contribution < -0.4 is 0 Å². The largest absolute Gasteiger partial charge is 0.394 e. The summed E-state index contributed by atoms with van der Waals surface area (Å²) in [5, 5.41) is 200. The summed E-state index contributed by atoms with van der Waals surface area (Å²) in [6.45, 7) is 20.8. The van der Waals surface area contributed by atoms with Gasteiger partial charge in [0.25, 0.3) is 0 Å². The average Bonchev–Trinajstić information content (AvgIpc) is 3.36. The van der Waals surface area contributed by atoms with Crippen LogP contribution in [-0.4, -0.2) is 281 Å². The molecular weight excluding hydrogens is 1000 g/mol. The van der Waals surface area contributed by atoms with Crippen LogP contribution in [0.2, 0.25) is 0 Å². The van der Waals surface area contributed by atoms with Gasteiger partial charge in [-0.15, -0.1) is 0 Å². The highest BCUT2D eigenvalue weighted by atomic mass is 16.7. The molecule has 3 fully saturated rings. The molecule has 450 valence electrons. The molecule has 0 saturated carbocycles. The minimum Gasteiger partial charge on any atom is -0.394 e.